The predicted molar refractivity (Wildman–Crippen MR) is 133 cm³/mol. The number of halogens is 2. The topological polar surface area (TPSA) is 107 Å². The highest BCUT2D eigenvalue weighted by molar-refractivity contribution is 7.92. The third-order valence-electron chi connectivity index (χ3n) is 4.70. The number of ether oxygens (including phenoxy) is 1. The van der Waals surface area contributed by atoms with E-state index in [2.05, 4.69) is 15.0 Å². The SMILES string of the molecule is CC(C)(C)OC(=O)CN(c1ccc2c(c1)ncn2-c1ncccn1)S(=O)(=O)c1cc(Cl)cc(Cl)c1. The number of imidazole rings is 1. The van der Waals surface area contributed by atoms with E-state index in [1.807, 2.05) is 0 Å². The van der Waals surface area contributed by atoms with E-state index in [9.17, 15) is 13.2 Å². The standard InChI is InChI=1S/C23H21Cl2N5O4S/c1-23(2,3)34-21(31)13-30(35(32,33)18-10-15(24)9-16(25)11-18)17-5-6-20-19(12-17)28-14-29(20)22-26-7-4-8-27-22/h4-12,14H,13H2,1-3H3. The molecule has 0 bridgehead atoms. The average Bonchev–Trinajstić information content (AvgIpc) is 3.19. The molecule has 0 aliphatic carbocycles. The molecule has 0 saturated heterocycles. The summed E-state index contributed by atoms with van der Waals surface area (Å²) in [6.07, 6.45) is 4.74. The number of carbonyl (C=O) groups is 1. The van der Waals surface area contributed by atoms with E-state index in [1.54, 1.807) is 62.0 Å². The molecule has 0 radical (unpaired) electrons. The van der Waals surface area contributed by atoms with Crippen LogP contribution >= 0.6 is 23.2 Å². The summed E-state index contributed by atoms with van der Waals surface area (Å²) in [7, 11) is -4.26. The second-order valence-corrected chi connectivity index (χ2v) is 11.3. The molecule has 0 amide bonds. The highest BCUT2D eigenvalue weighted by Gasteiger charge is 2.30. The number of carbonyl (C=O) groups excluding carboxylic acids is 1. The Morgan fingerprint density at radius 3 is 2.31 bits per heavy atom. The van der Waals surface area contributed by atoms with Crippen molar-refractivity contribution in [1.29, 1.82) is 0 Å². The molecule has 12 heteroatoms. The summed E-state index contributed by atoms with van der Waals surface area (Å²) < 4.78 is 35.3. The average molecular weight is 534 g/mol. The normalized spacial score (nSPS) is 12.0. The van der Waals surface area contributed by atoms with Crippen molar-refractivity contribution in [1.82, 2.24) is 19.5 Å². The molecule has 0 unspecified atom stereocenters. The van der Waals surface area contributed by atoms with E-state index in [1.165, 1.54) is 24.5 Å². The van der Waals surface area contributed by atoms with Gasteiger partial charge in [0.25, 0.3) is 10.0 Å². The maximum Gasteiger partial charge on any atom is 0.327 e. The van der Waals surface area contributed by atoms with Crippen molar-refractivity contribution < 1.29 is 17.9 Å². The number of sulfonamides is 1. The minimum absolute atomic E-state index is 0.144. The summed E-state index contributed by atoms with van der Waals surface area (Å²) in [5.41, 5.74) is 0.534. The zero-order chi connectivity index (χ0) is 25.4. The third-order valence-corrected chi connectivity index (χ3v) is 6.89. The fourth-order valence-electron chi connectivity index (χ4n) is 3.34. The molecule has 0 N–H and O–H groups in total. The molecule has 0 fully saturated rings. The van der Waals surface area contributed by atoms with Crippen LogP contribution in [0.1, 0.15) is 20.8 Å². The minimum atomic E-state index is -4.26. The molecule has 2 heterocycles. The Bertz CT molecular complexity index is 1480. The molecule has 0 aliphatic heterocycles. The molecular weight excluding hydrogens is 513 g/mol. The maximum absolute atomic E-state index is 13.7. The van der Waals surface area contributed by atoms with Gasteiger partial charge in [-0.3, -0.25) is 13.7 Å². The molecule has 0 saturated carbocycles. The lowest BCUT2D eigenvalue weighted by Gasteiger charge is -2.26. The number of nitrogens with zero attached hydrogens (tertiary/aromatic N) is 5. The van der Waals surface area contributed by atoms with E-state index >= 15 is 0 Å². The van der Waals surface area contributed by atoms with Gasteiger partial charge in [0.2, 0.25) is 5.95 Å². The lowest BCUT2D eigenvalue weighted by atomic mass is 10.2. The van der Waals surface area contributed by atoms with Crippen LogP contribution < -0.4 is 4.31 Å². The third kappa shape index (κ3) is 5.55. The predicted octanol–water partition coefficient (Wildman–Crippen LogP) is 4.66. The van der Waals surface area contributed by atoms with Crippen molar-refractivity contribution >= 4 is 55.9 Å². The Morgan fingerprint density at radius 1 is 1.03 bits per heavy atom. The smallest absolute Gasteiger partial charge is 0.327 e. The molecule has 182 valence electrons. The van der Waals surface area contributed by atoms with Gasteiger partial charge in [0.1, 0.15) is 18.5 Å². The molecule has 4 rings (SSSR count). The van der Waals surface area contributed by atoms with Crippen LogP contribution in [0.25, 0.3) is 17.0 Å². The van der Waals surface area contributed by atoms with Crippen LogP contribution in [0.4, 0.5) is 5.69 Å². The quantitative estimate of drug-likeness (QED) is 0.331. The van der Waals surface area contributed by atoms with Crippen LogP contribution in [0, 0.1) is 0 Å². The number of anilines is 1. The van der Waals surface area contributed by atoms with Crippen molar-refractivity contribution in [2.75, 3.05) is 10.8 Å². The molecule has 0 aliphatic rings. The number of hydrogen-bond acceptors (Lipinski definition) is 7. The monoisotopic (exact) mass is 533 g/mol. The Balaban J connectivity index is 1.80. The first-order chi connectivity index (χ1) is 16.4. The number of esters is 1. The van der Waals surface area contributed by atoms with Gasteiger partial charge in [-0.2, -0.15) is 0 Å². The van der Waals surface area contributed by atoms with Gasteiger partial charge in [-0.15, -0.1) is 0 Å². The minimum Gasteiger partial charge on any atom is -0.459 e. The molecular formula is C23H21Cl2N5O4S. The van der Waals surface area contributed by atoms with Crippen molar-refractivity contribution in [3.05, 3.63) is 71.2 Å². The van der Waals surface area contributed by atoms with E-state index < -0.39 is 28.1 Å². The van der Waals surface area contributed by atoms with E-state index in [4.69, 9.17) is 27.9 Å². The zero-order valence-electron chi connectivity index (χ0n) is 19.0. The second-order valence-electron chi connectivity index (χ2n) is 8.54. The molecule has 9 nitrogen and oxygen atoms in total. The van der Waals surface area contributed by atoms with Crippen LogP contribution in [0.5, 0.6) is 0 Å². The van der Waals surface area contributed by atoms with Gasteiger partial charge >= 0.3 is 5.97 Å². The van der Waals surface area contributed by atoms with Crippen LogP contribution in [0.2, 0.25) is 10.0 Å². The highest BCUT2D eigenvalue weighted by atomic mass is 35.5. The Hall–Kier alpha value is -3.21. The fourth-order valence-corrected chi connectivity index (χ4v) is 5.47. The number of rotatable bonds is 6. The number of aromatic nitrogens is 4. The van der Waals surface area contributed by atoms with Gasteiger partial charge in [-0.05, 0) is 63.2 Å². The summed E-state index contributed by atoms with van der Waals surface area (Å²) in [5, 5.41) is 0.288. The second kappa shape index (κ2) is 9.44. The fraction of sp³-hybridized carbons (Fsp3) is 0.217. The molecule has 0 spiro atoms. The summed E-state index contributed by atoms with van der Waals surface area (Å²) in [6, 6.07) is 10.5. The van der Waals surface area contributed by atoms with E-state index in [-0.39, 0.29) is 20.6 Å². The highest BCUT2D eigenvalue weighted by Crippen LogP contribution is 2.30. The van der Waals surface area contributed by atoms with Crippen molar-refractivity contribution in [2.45, 2.75) is 31.3 Å². The van der Waals surface area contributed by atoms with Gasteiger partial charge in [-0.25, -0.2) is 23.4 Å². The van der Waals surface area contributed by atoms with Crippen LogP contribution in [-0.2, 0) is 19.6 Å². The van der Waals surface area contributed by atoms with Crippen molar-refractivity contribution in [2.24, 2.45) is 0 Å². The Morgan fingerprint density at radius 2 is 1.69 bits per heavy atom. The molecule has 35 heavy (non-hydrogen) atoms. The molecule has 4 aromatic rings. The van der Waals surface area contributed by atoms with Gasteiger partial charge in [0, 0.05) is 22.4 Å². The molecule has 2 aromatic heterocycles. The van der Waals surface area contributed by atoms with Crippen molar-refractivity contribution in [3.8, 4) is 5.95 Å². The van der Waals surface area contributed by atoms with Crippen LogP contribution in [0.15, 0.2) is 66.1 Å². The number of hydrogen-bond donors (Lipinski definition) is 0. The van der Waals surface area contributed by atoms with Gasteiger partial charge in [0.05, 0.1) is 21.6 Å². The maximum atomic E-state index is 13.7. The van der Waals surface area contributed by atoms with E-state index in [0.29, 0.717) is 17.0 Å². The Kier molecular flexibility index (Phi) is 6.72. The van der Waals surface area contributed by atoms with Gasteiger partial charge in [-0.1, -0.05) is 23.2 Å². The summed E-state index contributed by atoms with van der Waals surface area (Å²) in [5.74, 6) is -0.313. The lowest BCUT2D eigenvalue weighted by Crippen LogP contribution is -2.39. The Labute approximate surface area is 212 Å². The summed E-state index contributed by atoms with van der Waals surface area (Å²) >= 11 is 12.1. The van der Waals surface area contributed by atoms with E-state index in [0.717, 1.165) is 4.31 Å². The first-order valence-corrected chi connectivity index (χ1v) is 12.6. The van der Waals surface area contributed by atoms with Crippen LogP contribution in [0.3, 0.4) is 0 Å². The van der Waals surface area contributed by atoms with Gasteiger partial charge < -0.3 is 4.74 Å². The first-order valence-electron chi connectivity index (χ1n) is 10.4. The summed E-state index contributed by atoms with van der Waals surface area (Å²) in [6.45, 7) is 4.53. The van der Waals surface area contributed by atoms with Crippen molar-refractivity contribution in [3.63, 3.8) is 0 Å². The largest absolute Gasteiger partial charge is 0.459 e. The number of benzene rings is 2. The lowest BCUT2D eigenvalue weighted by molar-refractivity contribution is -0.152. The van der Waals surface area contributed by atoms with Crippen LogP contribution in [-0.4, -0.2) is 46.1 Å². The number of fused-ring (bicyclic) bond motifs is 1. The van der Waals surface area contributed by atoms with Gasteiger partial charge in [0.15, 0.2) is 0 Å². The molecule has 0 atom stereocenters. The molecule has 2 aromatic carbocycles. The zero-order valence-corrected chi connectivity index (χ0v) is 21.3. The summed E-state index contributed by atoms with van der Waals surface area (Å²) in [4.78, 5) is 25.3. The first kappa shape index (κ1) is 24.9.